The molecule has 1 saturated carbocycles. The minimum absolute atomic E-state index is 0.0457. The van der Waals surface area contributed by atoms with Crippen molar-refractivity contribution < 1.29 is 9.90 Å². The number of nitrogens with one attached hydrogen (secondary N) is 1. The largest absolute Gasteiger partial charge is 0.481 e. The van der Waals surface area contributed by atoms with Crippen LogP contribution in [0.3, 0.4) is 0 Å². The van der Waals surface area contributed by atoms with Gasteiger partial charge in [-0.2, -0.15) is 5.26 Å². The predicted molar refractivity (Wildman–Crippen MR) is 78.8 cm³/mol. The number of carboxylic acids is 1. The van der Waals surface area contributed by atoms with Gasteiger partial charge < -0.3 is 10.4 Å². The number of aromatic nitrogens is 1. The molecule has 5 nitrogen and oxygen atoms in total. The van der Waals surface area contributed by atoms with Crippen LogP contribution in [-0.2, 0) is 4.79 Å². The summed E-state index contributed by atoms with van der Waals surface area (Å²) in [7, 11) is 0. The Morgan fingerprint density at radius 1 is 1.48 bits per heavy atom. The van der Waals surface area contributed by atoms with E-state index in [4.69, 9.17) is 5.11 Å². The van der Waals surface area contributed by atoms with E-state index < -0.39 is 5.97 Å². The maximum absolute atomic E-state index is 11.0. The van der Waals surface area contributed by atoms with Crippen LogP contribution in [0, 0.1) is 17.2 Å². The smallest absolute Gasteiger partial charge is 0.305 e. The number of carbonyl (C=O) groups is 1. The van der Waals surface area contributed by atoms with Crippen LogP contribution in [0.15, 0.2) is 30.3 Å². The Kier molecular flexibility index (Phi) is 3.44. The summed E-state index contributed by atoms with van der Waals surface area (Å²) in [6.45, 7) is 0. The van der Waals surface area contributed by atoms with E-state index >= 15 is 0 Å². The summed E-state index contributed by atoms with van der Waals surface area (Å²) in [6.07, 6.45) is 2.10. The lowest BCUT2D eigenvalue weighted by atomic mass is 10.1. The average Bonchev–Trinajstić information content (AvgIpc) is 3.30. The lowest BCUT2D eigenvalue weighted by molar-refractivity contribution is -0.137. The Morgan fingerprint density at radius 3 is 2.90 bits per heavy atom. The van der Waals surface area contributed by atoms with Gasteiger partial charge in [-0.05, 0) is 30.9 Å². The molecular weight excluding hydrogens is 266 g/mol. The van der Waals surface area contributed by atoms with E-state index in [1.54, 1.807) is 6.07 Å². The van der Waals surface area contributed by atoms with E-state index in [0.29, 0.717) is 17.3 Å². The van der Waals surface area contributed by atoms with Gasteiger partial charge in [0.1, 0.15) is 11.9 Å². The number of hydrogen-bond donors (Lipinski definition) is 2. The molecule has 0 spiro atoms. The van der Waals surface area contributed by atoms with Crippen molar-refractivity contribution in [3.8, 4) is 6.07 Å². The van der Waals surface area contributed by atoms with Gasteiger partial charge in [0.15, 0.2) is 0 Å². The lowest BCUT2D eigenvalue weighted by Gasteiger charge is -2.18. The predicted octanol–water partition coefficient (Wildman–Crippen LogP) is 2.77. The first-order chi connectivity index (χ1) is 10.2. The van der Waals surface area contributed by atoms with E-state index in [-0.39, 0.29) is 12.5 Å². The van der Waals surface area contributed by atoms with Gasteiger partial charge in [0, 0.05) is 11.4 Å². The molecular formula is C16H15N3O2. The molecule has 0 bridgehead atoms. The van der Waals surface area contributed by atoms with E-state index in [2.05, 4.69) is 16.4 Å². The van der Waals surface area contributed by atoms with Crippen molar-refractivity contribution in [2.45, 2.75) is 25.3 Å². The number of aliphatic carboxylic acids is 1. The molecule has 21 heavy (non-hydrogen) atoms. The van der Waals surface area contributed by atoms with Crippen molar-refractivity contribution in [1.82, 2.24) is 4.98 Å². The molecule has 0 saturated heterocycles. The van der Waals surface area contributed by atoms with Crippen LogP contribution in [0.4, 0.5) is 5.82 Å². The van der Waals surface area contributed by atoms with Crippen molar-refractivity contribution in [2.75, 3.05) is 5.32 Å². The Labute approximate surface area is 122 Å². The monoisotopic (exact) mass is 281 g/mol. The number of nitrogens with zero attached hydrogens (tertiary/aromatic N) is 2. The van der Waals surface area contributed by atoms with Crippen LogP contribution in [0.1, 0.15) is 24.8 Å². The number of fused-ring (bicyclic) bond motifs is 1. The first kappa shape index (κ1) is 13.4. The van der Waals surface area contributed by atoms with E-state index in [9.17, 15) is 10.1 Å². The van der Waals surface area contributed by atoms with Gasteiger partial charge in [0.2, 0.25) is 0 Å². The van der Waals surface area contributed by atoms with Crippen molar-refractivity contribution >= 4 is 22.7 Å². The summed E-state index contributed by atoms with van der Waals surface area (Å²) in [6, 6.07) is 11.3. The Balaban J connectivity index is 1.94. The standard InChI is InChI=1S/C16H15N3O2/c17-9-12-7-11-3-1-2-4-13(11)18-16(12)19-14(8-15(20)21)10-5-6-10/h1-4,7,10,14H,5-6,8H2,(H,18,19)(H,20,21). The summed E-state index contributed by atoms with van der Waals surface area (Å²) in [5.74, 6) is 0.00830. The molecule has 1 atom stereocenters. The Morgan fingerprint density at radius 2 is 2.24 bits per heavy atom. The van der Waals surface area contributed by atoms with Crippen molar-refractivity contribution in [2.24, 2.45) is 5.92 Å². The molecule has 106 valence electrons. The number of carboxylic acid groups (broad SMARTS) is 1. The van der Waals surface area contributed by atoms with E-state index in [1.807, 2.05) is 24.3 Å². The van der Waals surface area contributed by atoms with Gasteiger partial charge in [0.25, 0.3) is 0 Å². The molecule has 3 rings (SSSR count). The highest BCUT2D eigenvalue weighted by Crippen LogP contribution is 2.36. The molecule has 5 heteroatoms. The molecule has 1 aliphatic carbocycles. The second-order valence-electron chi connectivity index (χ2n) is 5.38. The van der Waals surface area contributed by atoms with Crippen LogP contribution in [0.2, 0.25) is 0 Å². The topological polar surface area (TPSA) is 86.0 Å². The first-order valence-electron chi connectivity index (χ1n) is 6.95. The third kappa shape index (κ3) is 2.95. The summed E-state index contributed by atoms with van der Waals surface area (Å²) in [4.78, 5) is 15.5. The number of rotatable bonds is 5. The normalized spacial score (nSPS) is 15.4. The molecule has 0 radical (unpaired) electrons. The molecule has 0 amide bonds. The number of benzene rings is 1. The Hall–Kier alpha value is -2.61. The highest BCUT2D eigenvalue weighted by molar-refractivity contribution is 5.83. The zero-order chi connectivity index (χ0) is 14.8. The summed E-state index contributed by atoms with van der Waals surface area (Å²) < 4.78 is 0. The maximum atomic E-state index is 11.0. The van der Waals surface area contributed by atoms with Crippen LogP contribution < -0.4 is 5.32 Å². The van der Waals surface area contributed by atoms with Crippen molar-refractivity contribution in [3.63, 3.8) is 0 Å². The third-order valence-electron chi connectivity index (χ3n) is 3.75. The summed E-state index contributed by atoms with van der Waals surface area (Å²) in [5.41, 5.74) is 1.24. The number of hydrogen-bond acceptors (Lipinski definition) is 4. The lowest BCUT2D eigenvalue weighted by Crippen LogP contribution is -2.26. The zero-order valence-corrected chi connectivity index (χ0v) is 11.4. The second-order valence-corrected chi connectivity index (χ2v) is 5.38. The fraction of sp³-hybridized carbons (Fsp3) is 0.312. The van der Waals surface area contributed by atoms with Crippen LogP contribution in [-0.4, -0.2) is 22.1 Å². The Bertz CT molecular complexity index is 732. The minimum atomic E-state index is -0.835. The molecule has 1 aromatic heterocycles. The van der Waals surface area contributed by atoms with Gasteiger partial charge in [-0.15, -0.1) is 0 Å². The minimum Gasteiger partial charge on any atom is -0.481 e. The SMILES string of the molecule is N#Cc1cc2ccccc2nc1NC(CC(=O)O)C1CC1. The van der Waals surface area contributed by atoms with Crippen molar-refractivity contribution in [1.29, 1.82) is 5.26 Å². The summed E-state index contributed by atoms with van der Waals surface area (Å²) in [5, 5.41) is 22.4. The fourth-order valence-electron chi connectivity index (χ4n) is 2.51. The van der Waals surface area contributed by atoms with E-state index in [1.165, 1.54) is 0 Å². The number of nitriles is 1. The highest BCUT2D eigenvalue weighted by Gasteiger charge is 2.33. The average molecular weight is 281 g/mol. The quantitative estimate of drug-likeness (QED) is 0.880. The first-order valence-corrected chi connectivity index (χ1v) is 6.95. The zero-order valence-electron chi connectivity index (χ0n) is 11.4. The molecule has 1 aromatic carbocycles. The number of para-hydroxylation sites is 1. The molecule has 1 unspecified atom stereocenters. The molecule has 1 heterocycles. The van der Waals surface area contributed by atoms with Crippen LogP contribution in [0.25, 0.3) is 10.9 Å². The van der Waals surface area contributed by atoms with Gasteiger partial charge >= 0.3 is 5.97 Å². The van der Waals surface area contributed by atoms with Gasteiger partial charge in [-0.3, -0.25) is 4.79 Å². The van der Waals surface area contributed by atoms with E-state index in [0.717, 1.165) is 23.7 Å². The van der Waals surface area contributed by atoms with Crippen LogP contribution >= 0.6 is 0 Å². The molecule has 2 N–H and O–H groups in total. The van der Waals surface area contributed by atoms with Crippen molar-refractivity contribution in [3.05, 3.63) is 35.9 Å². The molecule has 2 aromatic rings. The van der Waals surface area contributed by atoms with Crippen LogP contribution in [0.5, 0.6) is 0 Å². The fourth-order valence-corrected chi connectivity index (χ4v) is 2.51. The second kappa shape index (κ2) is 5.41. The maximum Gasteiger partial charge on any atom is 0.305 e. The number of pyridine rings is 1. The molecule has 1 aliphatic rings. The van der Waals surface area contributed by atoms with Gasteiger partial charge in [0.05, 0.1) is 17.5 Å². The number of anilines is 1. The highest BCUT2D eigenvalue weighted by atomic mass is 16.4. The van der Waals surface area contributed by atoms with Gasteiger partial charge in [-0.1, -0.05) is 18.2 Å². The molecule has 1 fully saturated rings. The molecule has 0 aliphatic heterocycles. The summed E-state index contributed by atoms with van der Waals surface area (Å²) >= 11 is 0. The third-order valence-corrected chi connectivity index (χ3v) is 3.75. The van der Waals surface area contributed by atoms with Gasteiger partial charge in [-0.25, -0.2) is 4.98 Å².